The third-order valence-electron chi connectivity index (χ3n) is 2.47. The van der Waals surface area contributed by atoms with Gasteiger partial charge in [-0.15, -0.1) is 0 Å². The van der Waals surface area contributed by atoms with Gasteiger partial charge in [-0.1, -0.05) is 0 Å². The lowest BCUT2D eigenvalue weighted by atomic mass is 10.1. The summed E-state index contributed by atoms with van der Waals surface area (Å²) in [6.45, 7) is 3.24. The molecule has 0 unspecified atom stereocenters. The van der Waals surface area contributed by atoms with Crippen molar-refractivity contribution in [2.75, 3.05) is 5.73 Å². The lowest BCUT2D eigenvalue weighted by molar-refractivity contribution is 0.608. The van der Waals surface area contributed by atoms with Crippen LogP contribution in [0.25, 0.3) is 11.4 Å². The predicted molar refractivity (Wildman–Crippen MR) is 61.3 cm³/mol. The van der Waals surface area contributed by atoms with Crippen LogP contribution in [-0.4, -0.2) is 9.97 Å². The van der Waals surface area contributed by atoms with Crippen molar-refractivity contribution < 1.29 is 8.78 Å². The van der Waals surface area contributed by atoms with Gasteiger partial charge in [-0.2, -0.15) is 0 Å². The number of hydrogen-bond acceptors (Lipinski definition) is 3. The van der Waals surface area contributed by atoms with E-state index in [0.717, 1.165) is 0 Å². The van der Waals surface area contributed by atoms with E-state index in [1.165, 1.54) is 19.1 Å². The monoisotopic (exact) mass is 235 g/mol. The van der Waals surface area contributed by atoms with E-state index in [2.05, 4.69) is 9.97 Å². The molecule has 0 aliphatic heterocycles. The first-order valence-corrected chi connectivity index (χ1v) is 5.05. The SMILES string of the molecule is Cc1cc(F)ccc1-c1nc(C)c(F)c(N)n1. The summed E-state index contributed by atoms with van der Waals surface area (Å²) >= 11 is 0. The van der Waals surface area contributed by atoms with Crippen LogP contribution in [0.5, 0.6) is 0 Å². The highest BCUT2D eigenvalue weighted by atomic mass is 19.1. The van der Waals surface area contributed by atoms with Gasteiger partial charge in [0.05, 0.1) is 5.69 Å². The standard InChI is InChI=1S/C12H11F2N3/c1-6-5-8(13)3-4-9(6)12-16-7(2)10(14)11(15)17-12/h3-5H,1-2H3,(H2,15,16,17). The average Bonchev–Trinajstić information content (AvgIpc) is 2.25. The number of aryl methyl sites for hydroxylation is 2. The fourth-order valence-electron chi connectivity index (χ4n) is 1.58. The average molecular weight is 235 g/mol. The first kappa shape index (κ1) is 11.4. The summed E-state index contributed by atoms with van der Waals surface area (Å²) in [6.07, 6.45) is 0. The lowest BCUT2D eigenvalue weighted by Gasteiger charge is -2.07. The van der Waals surface area contributed by atoms with Gasteiger partial charge in [0.1, 0.15) is 5.82 Å². The molecule has 1 aromatic heterocycles. The van der Waals surface area contributed by atoms with Crippen LogP contribution >= 0.6 is 0 Å². The van der Waals surface area contributed by atoms with Gasteiger partial charge in [-0.05, 0) is 37.6 Å². The van der Waals surface area contributed by atoms with Gasteiger partial charge in [0, 0.05) is 5.56 Å². The third kappa shape index (κ3) is 2.08. The summed E-state index contributed by atoms with van der Waals surface area (Å²) in [4.78, 5) is 7.87. The lowest BCUT2D eigenvalue weighted by Crippen LogP contribution is -2.03. The molecule has 0 aliphatic carbocycles. The van der Waals surface area contributed by atoms with E-state index in [4.69, 9.17) is 5.73 Å². The van der Waals surface area contributed by atoms with Crippen molar-refractivity contribution in [2.45, 2.75) is 13.8 Å². The van der Waals surface area contributed by atoms with E-state index < -0.39 is 5.82 Å². The Labute approximate surface area is 97.3 Å². The zero-order valence-electron chi connectivity index (χ0n) is 9.46. The maximum Gasteiger partial charge on any atom is 0.186 e. The van der Waals surface area contributed by atoms with E-state index >= 15 is 0 Å². The van der Waals surface area contributed by atoms with Gasteiger partial charge in [0.25, 0.3) is 0 Å². The molecule has 2 aromatic rings. The molecule has 1 aromatic carbocycles. The Morgan fingerprint density at radius 2 is 1.82 bits per heavy atom. The van der Waals surface area contributed by atoms with Crippen molar-refractivity contribution >= 4 is 5.82 Å². The Bertz CT molecular complexity index is 559. The number of nitrogens with two attached hydrogens (primary N) is 1. The molecule has 0 bridgehead atoms. The molecule has 0 saturated carbocycles. The number of rotatable bonds is 1. The molecule has 3 nitrogen and oxygen atoms in total. The minimum atomic E-state index is -0.617. The molecule has 1 heterocycles. The Morgan fingerprint density at radius 1 is 1.12 bits per heavy atom. The Morgan fingerprint density at radius 3 is 2.41 bits per heavy atom. The number of anilines is 1. The number of halogens is 2. The first-order chi connectivity index (χ1) is 7.99. The summed E-state index contributed by atoms with van der Waals surface area (Å²) in [5, 5.41) is 0. The normalized spacial score (nSPS) is 10.6. The van der Waals surface area contributed by atoms with Crippen molar-refractivity contribution in [3.05, 3.63) is 41.1 Å². The van der Waals surface area contributed by atoms with Gasteiger partial charge < -0.3 is 5.73 Å². The Balaban J connectivity index is 2.61. The van der Waals surface area contributed by atoms with Crippen LogP contribution in [0.3, 0.4) is 0 Å². The van der Waals surface area contributed by atoms with Crippen molar-refractivity contribution in [1.82, 2.24) is 9.97 Å². The third-order valence-corrected chi connectivity index (χ3v) is 2.47. The fourth-order valence-corrected chi connectivity index (χ4v) is 1.58. The van der Waals surface area contributed by atoms with E-state index in [0.29, 0.717) is 17.0 Å². The van der Waals surface area contributed by atoms with Crippen LogP contribution in [0, 0.1) is 25.5 Å². The molecule has 0 fully saturated rings. The van der Waals surface area contributed by atoms with Gasteiger partial charge in [0.2, 0.25) is 0 Å². The molecule has 5 heteroatoms. The van der Waals surface area contributed by atoms with E-state index in [1.807, 2.05) is 0 Å². The maximum atomic E-state index is 13.3. The van der Waals surface area contributed by atoms with Gasteiger partial charge in [-0.3, -0.25) is 0 Å². The second-order valence-electron chi connectivity index (χ2n) is 3.79. The zero-order chi connectivity index (χ0) is 12.6. The highest BCUT2D eigenvalue weighted by Gasteiger charge is 2.12. The summed E-state index contributed by atoms with van der Waals surface area (Å²) < 4.78 is 26.2. The molecular weight excluding hydrogens is 224 g/mol. The molecule has 0 radical (unpaired) electrons. The number of nitrogens with zero attached hydrogens (tertiary/aromatic N) is 2. The van der Waals surface area contributed by atoms with Crippen LogP contribution < -0.4 is 5.73 Å². The number of hydrogen-bond donors (Lipinski definition) is 1. The summed E-state index contributed by atoms with van der Waals surface area (Å²) in [5.74, 6) is -0.846. The molecular formula is C12H11F2N3. The largest absolute Gasteiger partial charge is 0.381 e. The van der Waals surface area contributed by atoms with Crippen LogP contribution in [0.4, 0.5) is 14.6 Å². The smallest absolute Gasteiger partial charge is 0.186 e. The molecule has 0 amide bonds. The highest BCUT2D eigenvalue weighted by Crippen LogP contribution is 2.23. The van der Waals surface area contributed by atoms with Gasteiger partial charge in [0.15, 0.2) is 17.5 Å². The van der Waals surface area contributed by atoms with Crippen LogP contribution in [-0.2, 0) is 0 Å². The molecule has 0 aliphatic rings. The number of benzene rings is 1. The molecule has 17 heavy (non-hydrogen) atoms. The summed E-state index contributed by atoms with van der Waals surface area (Å²) in [6, 6.07) is 4.23. The topological polar surface area (TPSA) is 51.8 Å². The zero-order valence-corrected chi connectivity index (χ0v) is 9.46. The van der Waals surface area contributed by atoms with Crippen molar-refractivity contribution in [3.63, 3.8) is 0 Å². The van der Waals surface area contributed by atoms with E-state index in [9.17, 15) is 8.78 Å². The van der Waals surface area contributed by atoms with Gasteiger partial charge in [-0.25, -0.2) is 18.7 Å². The van der Waals surface area contributed by atoms with Crippen molar-refractivity contribution in [2.24, 2.45) is 0 Å². The minimum Gasteiger partial charge on any atom is -0.381 e. The quantitative estimate of drug-likeness (QED) is 0.826. The first-order valence-electron chi connectivity index (χ1n) is 5.05. The van der Waals surface area contributed by atoms with E-state index in [1.54, 1.807) is 13.0 Å². The minimum absolute atomic E-state index is 0.177. The Kier molecular flexibility index (Phi) is 2.75. The second-order valence-corrected chi connectivity index (χ2v) is 3.79. The molecule has 2 N–H and O–H groups in total. The molecule has 0 saturated heterocycles. The van der Waals surface area contributed by atoms with Crippen LogP contribution in [0.15, 0.2) is 18.2 Å². The van der Waals surface area contributed by atoms with Crippen molar-refractivity contribution in [3.8, 4) is 11.4 Å². The van der Waals surface area contributed by atoms with Crippen molar-refractivity contribution in [1.29, 1.82) is 0 Å². The number of aromatic nitrogens is 2. The van der Waals surface area contributed by atoms with Crippen LogP contribution in [0.2, 0.25) is 0 Å². The van der Waals surface area contributed by atoms with Crippen LogP contribution in [0.1, 0.15) is 11.3 Å². The van der Waals surface area contributed by atoms with Gasteiger partial charge >= 0.3 is 0 Å². The maximum absolute atomic E-state index is 13.3. The molecule has 88 valence electrons. The Hall–Kier alpha value is -2.04. The summed E-state index contributed by atoms with van der Waals surface area (Å²) in [5.41, 5.74) is 6.93. The fraction of sp³-hybridized carbons (Fsp3) is 0.167. The van der Waals surface area contributed by atoms with E-state index in [-0.39, 0.29) is 17.3 Å². The molecule has 0 spiro atoms. The highest BCUT2D eigenvalue weighted by molar-refractivity contribution is 5.61. The summed E-state index contributed by atoms with van der Waals surface area (Å²) in [7, 11) is 0. The predicted octanol–water partition coefficient (Wildman–Crippen LogP) is 2.62. The number of nitrogen functional groups attached to an aromatic ring is 1. The molecule has 0 atom stereocenters. The molecule has 2 rings (SSSR count). The second kappa shape index (κ2) is 4.08.